The van der Waals surface area contributed by atoms with Gasteiger partial charge in [0.25, 0.3) is 0 Å². The second-order valence-corrected chi connectivity index (χ2v) is 5.97. The number of rotatable bonds is 3. The molecule has 18 heavy (non-hydrogen) atoms. The third kappa shape index (κ3) is 2.31. The monoisotopic (exact) mass is 252 g/mol. The van der Waals surface area contributed by atoms with Crippen LogP contribution in [0.5, 0.6) is 0 Å². The normalized spacial score (nSPS) is 40.3. The fourth-order valence-electron chi connectivity index (χ4n) is 3.18. The summed E-state index contributed by atoms with van der Waals surface area (Å²) in [5.74, 6) is 0.444. The maximum atomic E-state index is 12.0. The fourth-order valence-corrected chi connectivity index (χ4v) is 3.18. The van der Waals surface area contributed by atoms with Crippen molar-refractivity contribution < 1.29 is 19.0 Å². The van der Waals surface area contributed by atoms with Crippen molar-refractivity contribution in [2.24, 2.45) is 17.8 Å². The lowest BCUT2D eigenvalue weighted by molar-refractivity contribution is -0.162. The van der Waals surface area contributed by atoms with E-state index in [9.17, 15) is 4.79 Å². The summed E-state index contributed by atoms with van der Waals surface area (Å²) in [5, 5.41) is 0. The number of carbonyl (C=O) groups excluding carboxylic acids is 1. The van der Waals surface area contributed by atoms with Crippen molar-refractivity contribution >= 4 is 5.97 Å². The van der Waals surface area contributed by atoms with Crippen LogP contribution in [0.2, 0.25) is 0 Å². The lowest BCUT2D eigenvalue weighted by atomic mass is 9.94. The first-order valence-electron chi connectivity index (χ1n) is 6.70. The Labute approximate surface area is 107 Å². The van der Waals surface area contributed by atoms with Crippen molar-refractivity contribution in [3.8, 4) is 0 Å². The van der Waals surface area contributed by atoms with Crippen molar-refractivity contribution in [2.45, 2.75) is 38.6 Å². The second kappa shape index (κ2) is 4.35. The Morgan fingerprint density at radius 2 is 2.22 bits per heavy atom. The van der Waals surface area contributed by atoms with Crippen molar-refractivity contribution in [2.75, 3.05) is 13.2 Å². The van der Waals surface area contributed by atoms with Gasteiger partial charge >= 0.3 is 5.97 Å². The third-order valence-electron chi connectivity index (χ3n) is 4.06. The van der Waals surface area contributed by atoms with Crippen LogP contribution in [-0.2, 0) is 19.0 Å². The van der Waals surface area contributed by atoms with Gasteiger partial charge in [-0.1, -0.05) is 12.2 Å². The van der Waals surface area contributed by atoms with Gasteiger partial charge in [-0.05, 0) is 38.5 Å². The van der Waals surface area contributed by atoms with E-state index in [1.165, 1.54) is 0 Å². The van der Waals surface area contributed by atoms with Crippen molar-refractivity contribution in [1.82, 2.24) is 0 Å². The molecule has 2 aliphatic carbocycles. The lowest BCUT2D eigenvalue weighted by Gasteiger charge is -2.19. The Morgan fingerprint density at radius 1 is 1.39 bits per heavy atom. The molecule has 0 aromatic rings. The van der Waals surface area contributed by atoms with Crippen LogP contribution in [0.4, 0.5) is 0 Å². The standard InChI is InChI=1S/C14H20O4/c1-14(2)17-8-11(18-14)7-16-13(15)12-6-9-3-4-10(12)5-9/h3-4,9-12H,5-8H2,1-2H3. The Kier molecular flexibility index (Phi) is 2.94. The van der Waals surface area contributed by atoms with Crippen molar-refractivity contribution in [1.29, 1.82) is 0 Å². The van der Waals surface area contributed by atoms with Crippen LogP contribution >= 0.6 is 0 Å². The van der Waals surface area contributed by atoms with Crippen LogP contribution in [0.25, 0.3) is 0 Å². The van der Waals surface area contributed by atoms with Gasteiger partial charge in [-0.3, -0.25) is 4.79 Å². The zero-order chi connectivity index (χ0) is 12.8. The average Bonchev–Trinajstić information content (AvgIpc) is 3.00. The second-order valence-electron chi connectivity index (χ2n) is 5.97. The molecule has 1 saturated heterocycles. The summed E-state index contributed by atoms with van der Waals surface area (Å²) >= 11 is 0. The zero-order valence-corrected chi connectivity index (χ0v) is 10.9. The maximum absolute atomic E-state index is 12.0. The lowest BCUT2D eigenvalue weighted by Crippen LogP contribution is -2.28. The van der Waals surface area contributed by atoms with E-state index in [0.29, 0.717) is 25.0 Å². The summed E-state index contributed by atoms with van der Waals surface area (Å²) in [5.41, 5.74) is 0. The molecule has 1 heterocycles. The summed E-state index contributed by atoms with van der Waals surface area (Å²) < 4.78 is 16.4. The quantitative estimate of drug-likeness (QED) is 0.568. The molecule has 4 heteroatoms. The van der Waals surface area contributed by atoms with Crippen LogP contribution in [0, 0.1) is 17.8 Å². The first kappa shape index (κ1) is 12.2. The minimum atomic E-state index is -0.549. The topological polar surface area (TPSA) is 44.8 Å². The molecule has 0 radical (unpaired) electrons. The van der Waals surface area contributed by atoms with Gasteiger partial charge in [-0.2, -0.15) is 0 Å². The molecule has 0 N–H and O–H groups in total. The summed E-state index contributed by atoms with van der Waals surface area (Å²) in [6, 6.07) is 0. The summed E-state index contributed by atoms with van der Waals surface area (Å²) in [7, 11) is 0. The molecule has 4 atom stereocenters. The largest absolute Gasteiger partial charge is 0.463 e. The molecule has 1 saturated carbocycles. The first-order chi connectivity index (χ1) is 8.53. The molecule has 0 aromatic heterocycles. The molecule has 3 rings (SSSR count). The number of hydrogen-bond acceptors (Lipinski definition) is 4. The Hall–Kier alpha value is -0.870. The fraction of sp³-hybridized carbons (Fsp3) is 0.786. The zero-order valence-electron chi connectivity index (χ0n) is 10.9. The highest BCUT2D eigenvalue weighted by molar-refractivity contribution is 5.74. The number of allylic oxidation sites excluding steroid dienone is 2. The molecule has 1 aliphatic heterocycles. The summed E-state index contributed by atoms with van der Waals surface area (Å²) in [6.07, 6.45) is 6.34. The average molecular weight is 252 g/mol. The highest BCUT2D eigenvalue weighted by Crippen LogP contribution is 2.43. The van der Waals surface area contributed by atoms with Gasteiger partial charge in [0.2, 0.25) is 0 Å². The number of esters is 1. The number of fused-ring (bicyclic) bond motifs is 2. The molecule has 3 aliphatic rings. The van der Waals surface area contributed by atoms with Gasteiger partial charge in [0.05, 0.1) is 12.5 Å². The van der Waals surface area contributed by atoms with Gasteiger partial charge in [0.1, 0.15) is 12.7 Å². The van der Waals surface area contributed by atoms with Gasteiger partial charge in [-0.25, -0.2) is 0 Å². The van der Waals surface area contributed by atoms with Gasteiger partial charge in [0, 0.05) is 0 Å². The summed E-state index contributed by atoms with van der Waals surface area (Å²) in [4.78, 5) is 12.0. The maximum Gasteiger partial charge on any atom is 0.309 e. The van der Waals surface area contributed by atoms with Crippen LogP contribution in [-0.4, -0.2) is 31.1 Å². The number of carbonyl (C=O) groups is 1. The SMILES string of the molecule is CC1(C)OCC(COC(=O)C2CC3C=CC2C3)O1. The van der Waals surface area contributed by atoms with Gasteiger partial charge in [-0.15, -0.1) is 0 Å². The van der Waals surface area contributed by atoms with Crippen LogP contribution in [0.3, 0.4) is 0 Å². The molecule has 100 valence electrons. The smallest absolute Gasteiger partial charge is 0.309 e. The van der Waals surface area contributed by atoms with Gasteiger partial charge in [0.15, 0.2) is 5.79 Å². The number of hydrogen-bond donors (Lipinski definition) is 0. The molecule has 2 fully saturated rings. The van der Waals surface area contributed by atoms with Crippen LogP contribution in [0.15, 0.2) is 12.2 Å². The van der Waals surface area contributed by atoms with Crippen molar-refractivity contribution in [3.63, 3.8) is 0 Å². The van der Waals surface area contributed by atoms with E-state index in [0.717, 1.165) is 12.8 Å². The van der Waals surface area contributed by atoms with Crippen LogP contribution in [0.1, 0.15) is 26.7 Å². The Bertz CT molecular complexity index is 374. The van der Waals surface area contributed by atoms with Crippen molar-refractivity contribution in [3.05, 3.63) is 12.2 Å². The first-order valence-corrected chi connectivity index (χ1v) is 6.70. The number of ether oxygens (including phenoxy) is 3. The van der Waals surface area contributed by atoms with E-state index in [1.54, 1.807) is 0 Å². The van der Waals surface area contributed by atoms with Gasteiger partial charge < -0.3 is 14.2 Å². The molecule has 0 spiro atoms. The molecule has 0 amide bonds. The summed E-state index contributed by atoms with van der Waals surface area (Å²) in [6.45, 7) is 4.54. The van der Waals surface area contributed by atoms with E-state index >= 15 is 0 Å². The minimum absolute atomic E-state index is 0.0651. The molecular formula is C14H20O4. The molecule has 2 bridgehead atoms. The van der Waals surface area contributed by atoms with Crippen LogP contribution < -0.4 is 0 Å². The molecular weight excluding hydrogens is 232 g/mol. The Balaban J connectivity index is 1.47. The molecule has 4 nitrogen and oxygen atoms in total. The highest BCUT2D eigenvalue weighted by atomic mass is 16.7. The minimum Gasteiger partial charge on any atom is -0.463 e. The predicted molar refractivity (Wildman–Crippen MR) is 64.7 cm³/mol. The predicted octanol–water partition coefficient (Wildman–Crippen LogP) is 1.89. The molecule has 4 unspecified atom stereocenters. The third-order valence-corrected chi connectivity index (χ3v) is 4.06. The Morgan fingerprint density at radius 3 is 2.78 bits per heavy atom. The highest BCUT2D eigenvalue weighted by Gasteiger charge is 2.41. The van der Waals surface area contributed by atoms with E-state index in [2.05, 4.69) is 12.2 Å². The van der Waals surface area contributed by atoms with E-state index in [4.69, 9.17) is 14.2 Å². The van der Waals surface area contributed by atoms with E-state index in [1.807, 2.05) is 13.8 Å². The van der Waals surface area contributed by atoms with E-state index < -0.39 is 5.79 Å². The molecule has 0 aromatic carbocycles. The van der Waals surface area contributed by atoms with E-state index in [-0.39, 0.29) is 18.0 Å².